The van der Waals surface area contributed by atoms with Crippen molar-refractivity contribution in [2.24, 2.45) is 0 Å². The average molecular weight is 338 g/mol. The number of hydrogen-bond acceptors (Lipinski definition) is 2. The number of ether oxygens (including phenoxy) is 1. The van der Waals surface area contributed by atoms with Crippen LogP contribution in [-0.4, -0.2) is 14.2 Å². The van der Waals surface area contributed by atoms with Crippen molar-refractivity contribution in [2.75, 3.05) is 14.2 Å². The molecule has 0 aliphatic carbocycles. The van der Waals surface area contributed by atoms with Crippen LogP contribution in [-0.2, 0) is 0 Å². The van der Waals surface area contributed by atoms with Crippen LogP contribution in [0.2, 0.25) is 0 Å². The first kappa shape index (κ1) is 15.0. The Hall–Kier alpha value is -1.39. The summed E-state index contributed by atoms with van der Waals surface area (Å²) in [6, 6.07) is 10.5. The summed E-state index contributed by atoms with van der Waals surface area (Å²) in [4.78, 5) is 0. The molecule has 2 aromatic carbocycles. The monoisotopic (exact) mass is 337 g/mol. The van der Waals surface area contributed by atoms with Gasteiger partial charge in [-0.25, -0.2) is 4.39 Å². The highest BCUT2D eigenvalue weighted by atomic mass is 79.9. The van der Waals surface area contributed by atoms with Crippen LogP contribution in [0.15, 0.2) is 40.9 Å². The molecule has 2 aromatic rings. The molecule has 0 heterocycles. The van der Waals surface area contributed by atoms with E-state index in [1.54, 1.807) is 19.2 Å². The molecule has 2 nitrogen and oxygen atoms in total. The molecule has 0 bridgehead atoms. The lowest BCUT2D eigenvalue weighted by Gasteiger charge is -2.21. The minimum Gasteiger partial charge on any atom is -0.497 e. The molecule has 0 aliphatic rings. The third kappa shape index (κ3) is 3.02. The van der Waals surface area contributed by atoms with E-state index < -0.39 is 0 Å². The second-order valence-corrected chi connectivity index (χ2v) is 5.46. The Labute approximate surface area is 127 Å². The van der Waals surface area contributed by atoms with Gasteiger partial charge in [0.15, 0.2) is 0 Å². The first-order valence-electron chi connectivity index (χ1n) is 6.33. The smallest absolute Gasteiger partial charge is 0.123 e. The summed E-state index contributed by atoms with van der Waals surface area (Å²) in [6.07, 6.45) is 0. The predicted octanol–water partition coefficient (Wildman–Crippen LogP) is 4.21. The van der Waals surface area contributed by atoms with E-state index in [2.05, 4.69) is 21.2 Å². The molecule has 0 aromatic heterocycles. The van der Waals surface area contributed by atoms with Crippen molar-refractivity contribution < 1.29 is 9.13 Å². The van der Waals surface area contributed by atoms with E-state index in [0.29, 0.717) is 0 Å². The number of aryl methyl sites for hydroxylation is 1. The minimum atomic E-state index is -0.232. The van der Waals surface area contributed by atoms with Crippen LogP contribution in [0.1, 0.15) is 22.7 Å². The summed E-state index contributed by atoms with van der Waals surface area (Å²) in [7, 11) is 3.50. The van der Waals surface area contributed by atoms with Crippen LogP contribution < -0.4 is 10.1 Å². The number of halogens is 2. The van der Waals surface area contributed by atoms with Gasteiger partial charge < -0.3 is 10.1 Å². The molecule has 0 aliphatic heterocycles. The Kier molecular flexibility index (Phi) is 4.78. The predicted molar refractivity (Wildman–Crippen MR) is 82.7 cm³/mol. The first-order chi connectivity index (χ1) is 9.56. The Bertz CT molecular complexity index is 615. The summed E-state index contributed by atoms with van der Waals surface area (Å²) in [6.45, 7) is 1.98. The molecule has 0 fully saturated rings. The molecule has 0 saturated carbocycles. The highest BCUT2D eigenvalue weighted by molar-refractivity contribution is 9.10. The maximum Gasteiger partial charge on any atom is 0.123 e. The molecule has 0 saturated heterocycles. The molecule has 20 heavy (non-hydrogen) atoms. The lowest BCUT2D eigenvalue weighted by molar-refractivity contribution is 0.413. The molecular weight excluding hydrogens is 321 g/mol. The molecule has 1 unspecified atom stereocenters. The number of hydrogen-bond donors (Lipinski definition) is 1. The summed E-state index contributed by atoms with van der Waals surface area (Å²) in [5.41, 5.74) is 2.97. The van der Waals surface area contributed by atoms with Crippen molar-refractivity contribution in [3.8, 4) is 5.75 Å². The fourth-order valence-corrected chi connectivity index (χ4v) is 2.75. The van der Waals surface area contributed by atoms with Crippen LogP contribution in [0.5, 0.6) is 5.75 Å². The van der Waals surface area contributed by atoms with Gasteiger partial charge in [-0.1, -0.05) is 22.0 Å². The highest BCUT2D eigenvalue weighted by Crippen LogP contribution is 2.33. The molecule has 0 amide bonds. The van der Waals surface area contributed by atoms with Gasteiger partial charge in [0.1, 0.15) is 11.6 Å². The van der Waals surface area contributed by atoms with Crippen LogP contribution >= 0.6 is 15.9 Å². The van der Waals surface area contributed by atoms with E-state index in [1.807, 2.05) is 32.2 Å². The van der Waals surface area contributed by atoms with E-state index in [0.717, 1.165) is 26.9 Å². The summed E-state index contributed by atoms with van der Waals surface area (Å²) < 4.78 is 19.8. The van der Waals surface area contributed by atoms with Gasteiger partial charge in [0.2, 0.25) is 0 Å². The van der Waals surface area contributed by atoms with E-state index in [-0.39, 0.29) is 11.9 Å². The van der Waals surface area contributed by atoms with Crippen molar-refractivity contribution in [1.29, 1.82) is 0 Å². The van der Waals surface area contributed by atoms with Crippen LogP contribution in [0.25, 0.3) is 0 Å². The third-order valence-corrected chi connectivity index (χ3v) is 4.08. The van der Waals surface area contributed by atoms with Gasteiger partial charge in [0, 0.05) is 4.47 Å². The molecule has 1 N–H and O–H groups in total. The van der Waals surface area contributed by atoms with Gasteiger partial charge in [-0.2, -0.15) is 0 Å². The van der Waals surface area contributed by atoms with E-state index in [4.69, 9.17) is 4.74 Å². The largest absolute Gasteiger partial charge is 0.497 e. The zero-order chi connectivity index (χ0) is 14.7. The minimum absolute atomic E-state index is 0.102. The maximum absolute atomic E-state index is 13.5. The van der Waals surface area contributed by atoms with Gasteiger partial charge >= 0.3 is 0 Å². The Morgan fingerprint density at radius 2 is 1.90 bits per heavy atom. The van der Waals surface area contributed by atoms with Gasteiger partial charge in [-0.3, -0.25) is 0 Å². The van der Waals surface area contributed by atoms with E-state index in [9.17, 15) is 4.39 Å². The third-order valence-electron chi connectivity index (χ3n) is 3.36. The van der Waals surface area contributed by atoms with Crippen molar-refractivity contribution in [3.05, 3.63) is 63.4 Å². The van der Waals surface area contributed by atoms with Gasteiger partial charge in [0.25, 0.3) is 0 Å². The van der Waals surface area contributed by atoms with Crippen molar-refractivity contribution in [1.82, 2.24) is 5.32 Å². The van der Waals surface area contributed by atoms with Crippen molar-refractivity contribution >= 4 is 15.9 Å². The second kappa shape index (κ2) is 6.37. The van der Waals surface area contributed by atoms with E-state index in [1.165, 1.54) is 6.07 Å². The molecule has 2 rings (SSSR count). The summed E-state index contributed by atoms with van der Waals surface area (Å²) in [5.74, 6) is 0.544. The number of rotatable bonds is 4. The van der Waals surface area contributed by atoms with Gasteiger partial charge in [-0.15, -0.1) is 0 Å². The quantitative estimate of drug-likeness (QED) is 0.902. The fourth-order valence-electron chi connectivity index (χ4n) is 2.27. The van der Waals surface area contributed by atoms with Crippen molar-refractivity contribution in [3.63, 3.8) is 0 Å². The zero-order valence-electron chi connectivity index (χ0n) is 11.7. The van der Waals surface area contributed by atoms with Crippen LogP contribution in [0.3, 0.4) is 0 Å². The molecule has 106 valence electrons. The summed E-state index contributed by atoms with van der Waals surface area (Å²) in [5, 5.41) is 3.24. The van der Waals surface area contributed by atoms with E-state index >= 15 is 0 Å². The molecular formula is C16H17BrFNO. The standard InChI is InChI=1S/C16H17BrFNO/c1-10-4-5-11(18)8-13(10)16(19-2)14-9-12(20-3)6-7-15(14)17/h4-9,16,19H,1-3H3. The van der Waals surface area contributed by atoms with Crippen LogP contribution in [0, 0.1) is 12.7 Å². The molecule has 0 radical (unpaired) electrons. The fraction of sp³-hybridized carbons (Fsp3) is 0.250. The number of benzene rings is 2. The van der Waals surface area contributed by atoms with Crippen LogP contribution in [0.4, 0.5) is 4.39 Å². The highest BCUT2D eigenvalue weighted by Gasteiger charge is 2.18. The maximum atomic E-state index is 13.5. The Morgan fingerprint density at radius 3 is 2.55 bits per heavy atom. The lowest BCUT2D eigenvalue weighted by Crippen LogP contribution is -2.19. The second-order valence-electron chi connectivity index (χ2n) is 4.61. The number of methoxy groups -OCH3 is 1. The Morgan fingerprint density at radius 1 is 1.15 bits per heavy atom. The summed E-state index contributed by atoms with van der Waals surface area (Å²) >= 11 is 3.55. The normalized spacial score (nSPS) is 12.2. The molecule has 4 heteroatoms. The molecule has 1 atom stereocenters. The van der Waals surface area contributed by atoms with Gasteiger partial charge in [0.05, 0.1) is 13.2 Å². The Balaban J connectivity index is 2.54. The number of nitrogens with one attached hydrogen (secondary N) is 1. The first-order valence-corrected chi connectivity index (χ1v) is 7.13. The molecule has 0 spiro atoms. The average Bonchev–Trinajstić information content (AvgIpc) is 2.45. The topological polar surface area (TPSA) is 21.3 Å². The van der Waals surface area contributed by atoms with Gasteiger partial charge in [-0.05, 0) is 61.0 Å². The van der Waals surface area contributed by atoms with Crippen molar-refractivity contribution in [2.45, 2.75) is 13.0 Å². The SMILES string of the molecule is CNC(c1cc(F)ccc1C)c1cc(OC)ccc1Br. The zero-order valence-corrected chi connectivity index (χ0v) is 13.3. The lowest BCUT2D eigenvalue weighted by atomic mass is 9.95.